The molecule has 1 saturated heterocycles. The van der Waals surface area contributed by atoms with Gasteiger partial charge in [0.05, 0.1) is 18.6 Å². The first-order valence-electron chi connectivity index (χ1n) is 11.3. The van der Waals surface area contributed by atoms with Crippen molar-refractivity contribution in [1.29, 1.82) is 0 Å². The number of rotatable bonds is 7. The molecule has 5 rings (SSSR count). The van der Waals surface area contributed by atoms with E-state index in [1.807, 2.05) is 24.0 Å². The van der Waals surface area contributed by atoms with Crippen molar-refractivity contribution in [2.75, 3.05) is 50.1 Å². The Hall–Kier alpha value is -3.00. The van der Waals surface area contributed by atoms with E-state index in [0.29, 0.717) is 12.5 Å². The van der Waals surface area contributed by atoms with Crippen LogP contribution >= 0.6 is 0 Å². The second-order valence-corrected chi connectivity index (χ2v) is 9.25. The molecule has 1 aliphatic carbocycles. The van der Waals surface area contributed by atoms with Gasteiger partial charge >= 0.3 is 0 Å². The second-order valence-electron chi connectivity index (χ2n) is 9.25. The van der Waals surface area contributed by atoms with E-state index in [1.54, 1.807) is 6.20 Å². The molecule has 0 amide bonds. The summed E-state index contributed by atoms with van der Waals surface area (Å²) in [5, 5.41) is 7.76. The molecule has 2 fully saturated rings. The molecule has 168 valence electrons. The minimum absolute atomic E-state index is 0.201. The van der Waals surface area contributed by atoms with Crippen LogP contribution in [0.3, 0.4) is 0 Å². The third-order valence-electron chi connectivity index (χ3n) is 6.61. The highest BCUT2D eigenvalue weighted by Gasteiger charge is 2.43. The lowest BCUT2D eigenvalue weighted by molar-refractivity contribution is 0.294. The van der Waals surface area contributed by atoms with Crippen LogP contribution in [0.4, 0.5) is 21.7 Å². The number of halogens is 1. The van der Waals surface area contributed by atoms with Crippen LogP contribution in [0.25, 0.3) is 11.3 Å². The quantitative estimate of drug-likeness (QED) is 0.608. The minimum Gasteiger partial charge on any atom is -0.369 e. The highest BCUT2D eigenvalue weighted by molar-refractivity contribution is 5.65. The minimum atomic E-state index is -0.281. The van der Waals surface area contributed by atoms with Crippen LogP contribution in [0.2, 0.25) is 0 Å². The summed E-state index contributed by atoms with van der Waals surface area (Å²) in [4.78, 5) is 14.0. The molecule has 0 radical (unpaired) electrons. The number of aromatic nitrogens is 4. The van der Waals surface area contributed by atoms with Crippen LogP contribution in [0.5, 0.6) is 0 Å². The van der Waals surface area contributed by atoms with Crippen LogP contribution in [0.15, 0.2) is 42.9 Å². The topological polar surface area (TPSA) is 62.1 Å². The number of likely N-dealkylation sites (N-methyl/N-ethyl adjacent to an activating group) is 1. The van der Waals surface area contributed by atoms with Crippen LogP contribution in [0, 0.1) is 12.3 Å². The Balaban J connectivity index is 1.28. The number of benzene rings is 1. The predicted octanol–water partition coefficient (Wildman–Crippen LogP) is 3.89. The molecule has 1 aliphatic heterocycles. The number of aryl methyl sites for hydroxylation is 1. The standard InChI is InChI=1S/C24H30FN7/c1-18-13-26-23(28-20-3-5-21(6-4-20)31-11-9-30(2)10-12-31)29-22(18)19-14-27-32(15-19)17-24(16-25)7-8-24/h3-6,13-15H,7-12,16-17H2,1-2H3,(H,26,28,29). The van der Waals surface area contributed by atoms with Gasteiger partial charge in [0.15, 0.2) is 0 Å². The van der Waals surface area contributed by atoms with E-state index in [4.69, 9.17) is 4.98 Å². The average molecular weight is 436 g/mol. The first-order valence-corrected chi connectivity index (χ1v) is 11.3. The molecule has 32 heavy (non-hydrogen) atoms. The molecule has 1 aromatic carbocycles. The van der Waals surface area contributed by atoms with E-state index in [9.17, 15) is 4.39 Å². The van der Waals surface area contributed by atoms with Gasteiger partial charge in [0.1, 0.15) is 0 Å². The molecule has 8 heteroatoms. The van der Waals surface area contributed by atoms with Gasteiger partial charge in [-0.05, 0) is 56.6 Å². The summed E-state index contributed by atoms with van der Waals surface area (Å²) >= 11 is 0. The van der Waals surface area contributed by atoms with Gasteiger partial charge in [-0.25, -0.2) is 9.97 Å². The lowest BCUT2D eigenvalue weighted by atomic mass is 10.1. The Morgan fingerprint density at radius 1 is 1.06 bits per heavy atom. The highest BCUT2D eigenvalue weighted by atomic mass is 19.1. The molecule has 0 bridgehead atoms. The van der Waals surface area contributed by atoms with Crippen molar-refractivity contribution >= 4 is 17.3 Å². The van der Waals surface area contributed by atoms with Crippen molar-refractivity contribution < 1.29 is 4.39 Å². The fourth-order valence-corrected chi connectivity index (χ4v) is 4.17. The average Bonchev–Trinajstić information content (AvgIpc) is 3.44. The zero-order valence-electron chi connectivity index (χ0n) is 18.8. The number of nitrogens with one attached hydrogen (secondary N) is 1. The molecule has 2 aliphatic rings. The maximum absolute atomic E-state index is 13.2. The number of piperazine rings is 1. The van der Waals surface area contributed by atoms with Crippen molar-refractivity contribution in [1.82, 2.24) is 24.6 Å². The molecule has 1 N–H and O–H groups in total. The first-order chi connectivity index (χ1) is 15.5. The largest absolute Gasteiger partial charge is 0.369 e. The van der Waals surface area contributed by atoms with Crippen LogP contribution < -0.4 is 10.2 Å². The van der Waals surface area contributed by atoms with Gasteiger partial charge in [0.25, 0.3) is 0 Å². The summed E-state index contributed by atoms with van der Waals surface area (Å²) < 4.78 is 15.1. The molecule has 3 heterocycles. The van der Waals surface area contributed by atoms with E-state index in [2.05, 4.69) is 56.5 Å². The molecular weight excluding hydrogens is 405 g/mol. The lowest BCUT2D eigenvalue weighted by Gasteiger charge is -2.34. The number of hydrogen-bond donors (Lipinski definition) is 1. The Morgan fingerprint density at radius 3 is 2.50 bits per heavy atom. The predicted molar refractivity (Wildman–Crippen MR) is 125 cm³/mol. The third kappa shape index (κ3) is 4.46. The molecule has 7 nitrogen and oxygen atoms in total. The second kappa shape index (κ2) is 8.50. The first kappa shape index (κ1) is 20.9. The highest BCUT2D eigenvalue weighted by Crippen LogP contribution is 2.47. The van der Waals surface area contributed by atoms with Crippen LogP contribution in [0.1, 0.15) is 18.4 Å². The van der Waals surface area contributed by atoms with Gasteiger partial charge in [-0.2, -0.15) is 5.10 Å². The zero-order chi connectivity index (χ0) is 22.1. The SMILES string of the molecule is Cc1cnc(Nc2ccc(N3CCN(C)CC3)cc2)nc1-c1cnn(CC2(CF)CC2)c1. The Bertz CT molecular complexity index is 1070. The smallest absolute Gasteiger partial charge is 0.227 e. The molecule has 0 unspecified atom stereocenters. The third-order valence-corrected chi connectivity index (χ3v) is 6.61. The van der Waals surface area contributed by atoms with Crippen LogP contribution in [-0.2, 0) is 6.54 Å². The molecule has 0 atom stereocenters. The van der Waals surface area contributed by atoms with E-state index in [0.717, 1.165) is 61.5 Å². The fourth-order valence-electron chi connectivity index (χ4n) is 4.17. The number of alkyl halides is 1. The van der Waals surface area contributed by atoms with Crippen molar-refractivity contribution in [2.45, 2.75) is 26.3 Å². The van der Waals surface area contributed by atoms with E-state index < -0.39 is 0 Å². The summed E-state index contributed by atoms with van der Waals surface area (Å²) in [6.45, 7) is 6.61. The van der Waals surface area contributed by atoms with Crippen molar-refractivity contribution in [3.8, 4) is 11.3 Å². The zero-order valence-corrected chi connectivity index (χ0v) is 18.8. The van der Waals surface area contributed by atoms with Gasteiger partial charge in [-0.3, -0.25) is 9.07 Å². The maximum atomic E-state index is 13.2. The Morgan fingerprint density at radius 2 is 1.81 bits per heavy atom. The van der Waals surface area contributed by atoms with E-state index >= 15 is 0 Å². The van der Waals surface area contributed by atoms with Gasteiger partial charge in [-0.15, -0.1) is 0 Å². The maximum Gasteiger partial charge on any atom is 0.227 e. The number of anilines is 3. The van der Waals surface area contributed by atoms with Crippen molar-refractivity contribution in [3.63, 3.8) is 0 Å². The van der Waals surface area contributed by atoms with Gasteiger partial charge in [0, 0.05) is 67.5 Å². The number of nitrogens with zero attached hydrogens (tertiary/aromatic N) is 6. The molecule has 0 spiro atoms. The molecule has 3 aromatic rings. The van der Waals surface area contributed by atoms with Gasteiger partial charge in [-0.1, -0.05) is 0 Å². The summed E-state index contributed by atoms with van der Waals surface area (Å²) in [5.41, 5.74) is 4.73. The monoisotopic (exact) mass is 435 g/mol. The molecule has 1 saturated carbocycles. The summed E-state index contributed by atoms with van der Waals surface area (Å²) in [5.74, 6) is 0.549. The fraction of sp³-hybridized carbons (Fsp3) is 0.458. The normalized spacial score (nSPS) is 18.0. The van der Waals surface area contributed by atoms with Gasteiger partial charge in [0.2, 0.25) is 5.95 Å². The number of hydrogen-bond acceptors (Lipinski definition) is 6. The van der Waals surface area contributed by atoms with Crippen molar-refractivity contribution in [2.24, 2.45) is 5.41 Å². The van der Waals surface area contributed by atoms with Crippen molar-refractivity contribution in [3.05, 3.63) is 48.4 Å². The Kier molecular flexibility index (Phi) is 5.55. The van der Waals surface area contributed by atoms with Crippen LogP contribution in [-0.4, -0.2) is 64.5 Å². The van der Waals surface area contributed by atoms with E-state index in [-0.39, 0.29) is 12.1 Å². The summed E-state index contributed by atoms with van der Waals surface area (Å²) in [7, 11) is 2.17. The molecular formula is C24H30FN7. The van der Waals surface area contributed by atoms with E-state index in [1.165, 1.54) is 5.69 Å². The summed E-state index contributed by atoms with van der Waals surface area (Å²) in [6, 6.07) is 8.43. The molecule has 2 aromatic heterocycles. The summed E-state index contributed by atoms with van der Waals surface area (Å²) in [6.07, 6.45) is 7.46. The lowest BCUT2D eigenvalue weighted by Crippen LogP contribution is -2.44. The van der Waals surface area contributed by atoms with Gasteiger partial charge < -0.3 is 15.1 Å². The Labute approximate surface area is 188 Å².